The topological polar surface area (TPSA) is 39.1 Å². The third-order valence-electron chi connectivity index (χ3n) is 2.85. The molecular weight excluding hydrogens is 190 g/mol. The van der Waals surface area contributed by atoms with Gasteiger partial charge < -0.3 is 10.1 Å². The second-order valence-electron chi connectivity index (χ2n) is 4.67. The molecule has 0 spiro atoms. The number of rotatable bonds is 4. The fraction of sp³-hybridized carbons (Fsp3) is 0.727. The van der Waals surface area contributed by atoms with E-state index in [1.54, 1.807) is 0 Å². The highest BCUT2D eigenvalue weighted by Gasteiger charge is 2.33. The SMILES string of the molecule is CCc1nn(C)cc1NCC1(C)COC1. The van der Waals surface area contributed by atoms with E-state index in [0.717, 1.165) is 37.6 Å². The summed E-state index contributed by atoms with van der Waals surface area (Å²) in [5.74, 6) is 0. The minimum atomic E-state index is 0.306. The van der Waals surface area contributed by atoms with Crippen LogP contribution in [0.2, 0.25) is 0 Å². The average molecular weight is 209 g/mol. The molecule has 1 aliphatic rings. The van der Waals surface area contributed by atoms with E-state index < -0.39 is 0 Å². The maximum Gasteiger partial charge on any atom is 0.0853 e. The fourth-order valence-corrected chi connectivity index (χ4v) is 1.80. The number of aryl methyl sites for hydroxylation is 2. The summed E-state index contributed by atoms with van der Waals surface area (Å²) in [4.78, 5) is 0. The highest BCUT2D eigenvalue weighted by atomic mass is 16.5. The zero-order valence-electron chi connectivity index (χ0n) is 9.71. The van der Waals surface area contributed by atoms with Gasteiger partial charge in [0.1, 0.15) is 0 Å². The van der Waals surface area contributed by atoms with Gasteiger partial charge in [-0.15, -0.1) is 0 Å². The van der Waals surface area contributed by atoms with Gasteiger partial charge in [-0.25, -0.2) is 0 Å². The molecule has 0 aliphatic carbocycles. The molecule has 0 radical (unpaired) electrons. The summed E-state index contributed by atoms with van der Waals surface area (Å²) < 4.78 is 7.09. The molecule has 0 amide bonds. The van der Waals surface area contributed by atoms with Crippen molar-refractivity contribution < 1.29 is 4.74 Å². The van der Waals surface area contributed by atoms with Crippen molar-refractivity contribution in [3.05, 3.63) is 11.9 Å². The number of anilines is 1. The van der Waals surface area contributed by atoms with Crippen LogP contribution in [0.25, 0.3) is 0 Å². The zero-order valence-corrected chi connectivity index (χ0v) is 9.71. The van der Waals surface area contributed by atoms with Crippen molar-refractivity contribution >= 4 is 5.69 Å². The summed E-state index contributed by atoms with van der Waals surface area (Å²) in [6.45, 7) is 7.06. The average Bonchev–Trinajstić information content (AvgIpc) is 2.53. The molecule has 0 bridgehead atoms. The van der Waals surface area contributed by atoms with Gasteiger partial charge in [-0.2, -0.15) is 5.10 Å². The van der Waals surface area contributed by atoms with E-state index >= 15 is 0 Å². The highest BCUT2D eigenvalue weighted by molar-refractivity contribution is 5.46. The predicted molar refractivity (Wildman–Crippen MR) is 60.0 cm³/mol. The van der Waals surface area contributed by atoms with Crippen molar-refractivity contribution in [3.8, 4) is 0 Å². The molecule has 84 valence electrons. The lowest BCUT2D eigenvalue weighted by Gasteiger charge is -2.38. The van der Waals surface area contributed by atoms with E-state index in [-0.39, 0.29) is 0 Å². The monoisotopic (exact) mass is 209 g/mol. The van der Waals surface area contributed by atoms with E-state index in [0.29, 0.717) is 5.41 Å². The van der Waals surface area contributed by atoms with E-state index in [9.17, 15) is 0 Å². The van der Waals surface area contributed by atoms with Gasteiger partial charge in [0, 0.05) is 25.2 Å². The Kier molecular flexibility index (Phi) is 2.69. The third-order valence-corrected chi connectivity index (χ3v) is 2.85. The van der Waals surface area contributed by atoms with Gasteiger partial charge in [0.15, 0.2) is 0 Å². The zero-order chi connectivity index (χ0) is 10.9. The molecule has 0 unspecified atom stereocenters. The normalized spacial score (nSPS) is 18.6. The molecule has 2 rings (SSSR count). The van der Waals surface area contributed by atoms with E-state index in [4.69, 9.17) is 4.74 Å². The first-order valence-electron chi connectivity index (χ1n) is 5.47. The van der Waals surface area contributed by atoms with Crippen LogP contribution in [0.1, 0.15) is 19.5 Å². The van der Waals surface area contributed by atoms with Gasteiger partial charge in [0.25, 0.3) is 0 Å². The summed E-state index contributed by atoms with van der Waals surface area (Å²) in [5.41, 5.74) is 2.61. The minimum absolute atomic E-state index is 0.306. The Bertz CT molecular complexity index is 342. The highest BCUT2D eigenvalue weighted by Crippen LogP contribution is 2.27. The Morgan fingerprint density at radius 2 is 2.33 bits per heavy atom. The number of ether oxygens (including phenoxy) is 1. The molecule has 4 nitrogen and oxygen atoms in total. The third kappa shape index (κ3) is 2.15. The number of nitrogens with one attached hydrogen (secondary N) is 1. The van der Waals surface area contributed by atoms with Gasteiger partial charge in [-0.3, -0.25) is 4.68 Å². The van der Waals surface area contributed by atoms with Crippen molar-refractivity contribution in [2.24, 2.45) is 12.5 Å². The summed E-state index contributed by atoms with van der Waals surface area (Å²) in [6, 6.07) is 0. The molecule has 1 saturated heterocycles. The summed E-state index contributed by atoms with van der Waals surface area (Å²) in [6.07, 6.45) is 3.01. The lowest BCUT2D eigenvalue weighted by molar-refractivity contribution is -0.0924. The molecule has 4 heteroatoms. The predicted octanol–water partition coefficient (Wildman–Crippen LogP) is 1.43. The maximum atomic E-state index is 5.23. The van der Waals surface area contributed by atoms with Crippen LogP contribution in [-0.4, -0.2) is 29.5 Å². The van der Waals surface area contributed by atoms with Crippen LogP contribution in [0.4, 0.5) is 5.69 Å². The van der Waals surface area contributed by atoms with Crippen LogP contribution < -0.4 is 5.32 Å². The number of hydrogen-bond donors (Lipinski definition) is 1. The molecule has 1 N–H and O–H groups in total. The summed E-state index contributed by atoms with van der Waals surface area (Å²) in [5, 5.41) is 7.86. The van der Waals surface area contributed by atoms with Crippen molar-refractivity contribution in [2.75, 3.05) is 25.1 Å². The molecule has 2 heterocycles. The Morgan fingerprint density at radius 3 is 2.87 bits per heavy atom. The van der Waals surface area contributed by atoms with Crippen molar-refractivity contribution in [3.63, 3.8) is 0 Å². The Morgan fingerprint density at radius 1 is 1.60 bits per heavy atom. The largest absolute Gasteiger partial charge is 0.382 e. The summed E-state index contributed by atoms with van der Waals surface area (Å²) >= 11 is 0. The lowest BCUT2D eigenvalue weighted by atomic mass is 9.89. The quantitative estimate of drug-likeness (QED) is 0.815. The van der Waals surface area contributed by atoms with Crippen LogP contribution in [-0.2, 0) is 18.2 Å². The molecule has 0 saturated carbocycles. The van der Waals surface area contributed by atoms with Crippen molar-refractivity contribution in [1.29, 1.82) is 0 Å². The Hall–Kier alpha value is -1.03. The summed E-state index contributed by atoms with van der Waals surface area (Å²) in [7, 11) is 1.96. The molecule has 0 aromatic carbocycles. The van der Waals surface area contributed by atoms with Crippen molar-refractivity contribution in [1.82, 2.24) is 9.78 Å². The molecule has 1 aliphatic heterocycles. The number of nitrogens with zero attached hydrogens (tertiary/aromatic N) is 2. The lowest BCUT2D eigenvalue weighted by Crippen LogP contribution is -2.45. The van der Waals surface area contributed by atoms with Gasteiger partial charge in [-0.05, 0) is 6.42 Å². The van der Waals surface area contributed by atoms with Crippen LogP contribution in [0.15, 0.2) is 6.20 Å². The molecule has 1 fully saturated rings. The van der Waals surface area contributed by atoms with Crippen molar-refractivity contribution in [2.45, 2.75) is 20.3 Å². The van der Waals surface area contributed by atoms with E-state index in [2.05, 4.69) is 24.3 Å². The van der Waals surface area contributed by atoms with E-state index in [1.807, 2.05) is 17.9 Å². The van der Waals surface area contributed by atoms with Gasteiger partial charge in [0.05, 0.1) is 24.6 Å². The van der Waals surface area contributed by atoms with Gasteiger partial charge >= 0.3 is 0 Å². The fourth-order valence-electron chi connectivity index (χ4n) is 1.80. The molecule has 1 aromatic heterocycles. The standard InChI is InChI=1S/C11H19N3O/c1-4-9-10(5-14(3)13-9)12-6-11(2)7-15-8-11/h5,12H,4,6-8H2,1-3H3. The van der Waals surface area contributed by atoms with Crippen LogP contribution in [0.5, 0.6) is 0 Å². The van der Waals surface area contributed by atoms with Gasteiger partial charge in [-0.1, -0.05) is 13.8 Å². The van der Waals surface area contributed by atoms with Crippen LogP contribution >= 0.6 is 0 Å². The van der Waals surface area contributed by atoms with Crippen LogP contribution in [0.3, 0.4) is 0 Å². The minimum Gasteiger partial charge on any atom is -0.382 e. The number of aromatic nitrogens is 2. The number of hydrogen-bond acceptors (Lipinski definition) is 3. The maximum absolute atomic E-state index is 5.23. The van der Waals surface area contributed by atoms with Crippen LogP contribution in [0, 0.1) is 5.41 Å². The molecular formula is C11H19N3O. The molecule has 0 atom stereocenters. The Balaban J connectivity index is 1.97. The first kappa shape index (κ1) is 10.5. The molecule has 15 heavy (non-hydrogen) atoms. The first-order chi connectivity index (χ1) is 7.13. The van der Waals surface area contributed by atoms with Gasteiger partial charge in [0.2, 0.25) is 0 Å². The molecule has 1 aromatic rings. The Labute approximate surface area is 90.6 Å². The smallest absolute Gasteiger partial charge is 0.0853 e. The second kappa shape index (κ2) is 3.85. The second-order valence-corrected chi connectivity index (χ2v) is 4.67. The van der Waals surface area contributed by atoms with E-state index in [1.165, 1.54) is 0 Å². The first-order valence-corrected chi connectivity index (χ1v) is 5.47.